The SMILES string of the molecule is NC1c2nc(-c3ccc(F)cc3)ccc2N(Cc2ccc(-n3cncn3)cc2)C(N)N1CC(F)(F)F. The molecule has 0 saturated heterocycles. The Balaban J connectivity index is 1.51. The molecule has 1 aliphatic rings. The van der Waals surface area contributed by atoms with Crippen LogP contribution in [0.25, 0.3) is 16.9 Å². The number of halogens is 4. The molecule has 2 unspecified atom stereocenters. The van der Waals surface area contributed by atoms with E-state index in [2.05, 4.69) is 15.1 Å². The first-order valence-corrected chi connectivity index (χ1v) is 11.0. The Labute approximate surface area is 203 Å². The van der Waals surface area contributed by atoms with Crippen LogP contribution in [0.5, 0.6) is 0 Å². The van der Waals surface area contributed by atoms with Crippen LogP contribution in [0.15, 0.2) is 73.3 Å². The van der Waals surface area contributed by atoms with Gasteiger partial charge in [0, 0.05) is 12.1 Å². The summed E-state index contributed by atoms with van der Waals surface area (Å²) in [5, 5.41) is 4.08. The van der Waals surface area contributed by atoms with Gasteiger partial charge in [-0.1, -0.05) is 12.1 Å². The molecule has 2 aromatic heterocycles. The lowest BCUT2D eigenvalue weighted by atomic mass is 10.1. The second-order valence-corrected chi connectivity index (χ2v) is 8.39. The molecule has 2 atom stereocenters. The standard InChI is InChI=1S/C24H22F4N8/c25-17-5-3-16(4-6-17)19-9-10-20-21(33-19)22(29)35(12-24(26,27)28)23(30)34(20)11-15-1-7-18(8-2-15)36-14-31-13-32-36/h1-10,13-14,22-23H,11-12,29-30H2. The number of aromatic nitrogens is 4. The lowest BCUT2D eigenvalue weighted by molar-refractivity contribution is -0.158. The normalized spacial score (nSPS) is 18.3. The minimum atomic E-state index is -4.52. The summed E-state index contributed by atoms with van der Waals surface area (Å²) in [5.41, 5.74) is 16.1. The number of benzene rings is 2. The van der Waals surface area contributed by atoms with E-state index in [4.69, 9.17) is 11.5 Å². The average molecular weight is 498 g/mol. The van der Waals surface area contributed by atoms with Crippen molar-refractivity contribution in [2.45, 2.75) is 25.2 Å². The summed E-state index contributed by atoms with van der Waals surface area (Å²) in [5.74, 6) is -0.406. The van der Waals surface area contributed by atoms with Crippen LogP contribution in [0.3, 0.4) is 0 Å². The van der Waals surface area contributed by atoms with Gasteiger partial charge in [-0.15, -0.1) is 0 Å². The second kappa shape index (κ2) is 9.30. The molecule has 0 aliphatic carbocycles. The van der Waals surface area contributed by atoms with Crippen molar-refractivity contribution in [3.8, 4) is 16.9 Å². The van der Waals surface area contributed by atoms with Gasteiger partial charge >= 0.3 is 6.18 Å². The third-order valence-electron chi connectivity index (χ3n) is 5.98. The predicted octanol–water partition coefficient (Wildman–Crippen LogP) is 3.55. The maximum absolute atomic E-state index is 13.4. The Morgan fingerprint density at radius 1 is 0.917 bits per heavy atom. The van der Waals surface area contributed by atoms with Crippen LogP contribution in [-0.2, 0) is 6.54 Å². The molecular formula is C24H22F4N8. The van der Waals surface area contributed by atoms with Gasteiger partial charge < -0.3 is 10.6 Å². The molecule has 3 heterocycles. The third-order valence-corrected chi connectivity index (χ3v) is 5.98. The van der Waals surface area contributed by atoms with Gasteiger partial charge in [0.25, 0.3) is 0 Å². The molecule has 0 spiro atoms. The molecule has 8 nitrogen and oxygen atoms in total. The summed E-state index contributed by atoms with van der Waals surface area (Å²) in [6.45, 7) is -1.09. The fraction of sp³-hybridized carbons (Fsp3) is 0.208. The zero-order valence-corrected chi connectivity index (χ0v) is 18.8. The van der Waals surface area contributed by atoms with Crippen LogP contribution in [0, 0.1) is 5.82 Å². The highest BCUT2D eigenvalue weighted by Gasteiger charge is 2.42. The average Bonchev–Trinajstić information content (AvgIpc) is 3.40. The van der Waals surface area contributed by atoms with Crippen LogP contribution in [0.2, 0.25) is 0 Å². The lowest BCUT2D eigenvalue weighted by Crippen LogP contribution is -2.62. The Hall–Kier alpha value is -3.87. The fourth-order valence-corrected chi connectivity index (χ4v) is 4.22. The van der Waals surface area contributed by atoms with Crippen molar-refractivity contribution >= 4 is 5.69 Å². The van der Waals surface area contributed by atoms with Gasteiger partial charge in [0.2, 0.25) is 0 Å². The maximum atomic E-state index is 13.4. The van der Waals surface area contributed by atoms with E-state index in [9.17, 15) is 17.6 Å². The highest BCUT2D eigenvalue weighted by Crippen LogP contribution is 2.37. The van der Waals surface area contributed by atoms with Gasteiger partial charge in [0.15, 0.2) is 0 Å². The number of alkyl halides is 3. The quantitative estimate of drug-likeness (QED) is 0.406. The number of pyridine rings is 1. The van der Waals surface area contributed by atoms with E-state index in [1.165, 1.54) is 18.5 Å². The molecular weight excluding hydrogens is 476 g/mol. The highest BCUT2D eigenvalue weighted by molar-refractivity contribution is 5.65. The fourth-order valence-electron chi connectivity index (χ4n) is 4.22. The van der Waals surface area contributed by atoms with Gasteiger partial charge in [0.1, 0.15) is 30.9 Å². The van der Waals surface area contributed by atoms with E-state index in [1.807, 2.05) is 24.3 Å². The summed E-state index contributed by atoms with van der Waals surface area (Å²) in [7, 11) is 0. The van der Waals surface area contributed by atoms with Gasteiger partial charge in [-0.3, -0.25) is 5.73 Å². The number of hydrogen-bond donors (Lipinski definition) is 2. The van der Waals surface area contributed by atoms with Crippen LogP contribution in [-0.4, -0.2) is 43.7 Å². The van der Waals surface area contributed by atoms with Gasteiger partial charge in [-0.05, 0) is 54.1 Å². The molecule has 5 rings (SSSR count). The minimum Gasteiger partial charge on any atom is -0.337 e. The molecule has 4 aromatic rings. The van der Waals surface area contributed by atoms with E-state index < -0.39 is 31.0 Å². The molecule has 0 fully saturated rings. The van der Waals surface area contributed by atoms with Crippen molar-refractivity contribution in [1.29, 1.82) is 0 Å². The number of rotatable bonds is 5. The zero-order chi connectivity index (χ0) is 25.4. The van der Waals surface area contributed by atoms with Gasteiger partial charge in [-0.2, -0.15) is 18.3 Å². The third kappa shape index (κ3) is 4.78. The van der Waals surface area contributed by atoms with Crippen LogP contribution in [0.4, 0.5) is 23.2 Å². The van der Waals surface area contributed by atoms with Crippen molar-refractivity contribution in [3.05, 3.63) is 90.4 Å². The number of nitrogens with two attached hydrogens (primary N) is 2. The number of nitrogens with zero attached hydrogens (tertiary/aromatic N) is 6. The lowest BCUT2D eigenvalue weighted by Gasteiger charge is -2.46. The molecule has 1 aliphatic heterocycles. The monoisotopic (exact) mass is 498 g/mol. The molecule has 12 heteroatoms. The molecule has 36 heavy (non-hydrogen) atoms. The van der Waals surface area contributed by atoms with Crippen LogP contribution < -0.4 is 16.4 Å². The van der Waals surface area contributed by atoms with Gasteiger partial charge in [-0.25, -0.2) is 23.9 Å². The van der Waals surface area contributed by atoms with Crippen molar-refractivity contribution in [2.75, 3.05) is 11.4 Å². The molecule has 0 bridgehead atoms. The number of hydrogen-bond acceptors (Lipinski definition) is 7. The Kier molecular flexibility index (Phi) is 6.16. The summed E-state index contributed by atoms with van der Waals surface area (Å²) in [6, 6.07) is 16.5. The topological polar surface area (TPSA) is 102 Å². The van der Waals surface area contributed by atoms with Crippen molar-refractivity contribution in [3.63, 3.8) is 0 Å². The number of anilines is 1. The molecule has 4 N–H and O–H groups in total. The summed E-state index contributed by atoms with van der Waals surface area (Å²) in [4.78, 5) is 11.1. The van der Waals surface area contributed by atoms with E-state index >= 15 is 0 Å². The minimum absolute atomic E-state index is 0.213. The summed E-state index contributed by atoms with van der Waals surface area (Å²) in [6.07, 6.45) is -3.88. The van der Waals surface area contributed by atoms with E-state index in [1.54, 1.807) is 40.2 Å². The zero-order valence-electron chi connectivity index (χ0n) is 18.8. The molecule has 186 valence electrons. The van der Waals surface area contributed by atoms with Crippen molar-refractivity contribution in [1.82, 2.24) is 24.6 Å². The largest absolute Gasteiger partial charge is 0.401 e. The second-order valence-electron chi connectivity index (χ2n) is 8.39. The highest BCUT2D eigenvalue weighted by atomic mass is 19.4. The molecule has 0 amide bonds. The van der Waals surface area contributed by atoms with Crippen LogP contribution in [0.1, 0.15) is 17.4 Å². The molecule has 0 radical (unpaired) electrons. The Bertz CT molecular complexity index is 1320. The first-order chi connectivity index (χ1) is 17.2. The Morgan fingerprint density at radius 3 is 2.28 bits per heavy atom. The van der Waals surface area contributed by atoms with E-state index in [0.29, 0.717) is 16.9 Å². The van der Waals surface area contributed by atoms with Crippen LogP contribution >= 0.6 is 0 Å². The first-order valence-electron chi connectivity index (χ1n) is 11.0. The van der Waals surface area contributed by atoms with Crippen molar-refractivity contribution < 1.29 is 17.6 Å². The van der Waals surface area contributed by atoms with Crippen molar-refractivity contribution in [2.24, 2.45) is 11.5 Å². The van der Waals surface area contributed by atoms with E-state index in [-0.39, 0.29) is 12.2 Å². The Morgan fingerprint density at radius 2 is 1.64 bits per heavy atom. The maximum Gasteiger partial charge on any atom is 0.401 e. The molecule has 0 saturated carbocycles. The summed E-state index contributed by atoms with van der Waals surface area (Å²) >= 11 is 0. The first kappa shape index (κ1) is 23.9. The smallest absolute Gasteiger partial charge is 0.337 e. The van der Waals surface area contributed by atoms with Gasteiger partial charge in [0.05, 0.1) is 29.3 Å². The number of fused-ring (bicyclic) bond motifs is 1. The van der Waals surface area contributed by atoms with E-state index in [0.717, 1.165) is 16.2 Å². The summed E-state index contributed by atoms with van der Waals surface area (Å²) < 4.78 is 55.3. The predicted molar refractivity (Wildman–Crippen MR) is 125 cm³/mol. The molecule has 2 aromatic carbocycles.